The Hall–Kier alpha value is -1.84. The van der Waals surface area contributed by atoms with Crippen molar-refractivity contribution >= 4 is 5.69 Å². The molecule has 1 heterocycles. The second kappa shape index (κ2) is 12.6. The zero-order chi connectivity index (χ0) is 20.2. The fraction of sp³-hybridized carbons (Fsp3) is 0.667. The summed E-state index contributed by atoms with van der Waals surface area (Å²) in [5.74, 6) is 0. The van der Waals surface area contributed by atoms with E-state index in [9.17, 15) is 0 Å². The van der Waals surface area contributed by atoms with E-state index in [0.717, 1.165) is 24.5 Å². The molecule has 4 heteroatoms. The Kier molecular flexibility index (Phi) is 10.1. The van der Waals surface area contributed by atoms with Crippen LogP contribution in [0.25, 0.3) is 11.3 Å². The number of unbranched alkanes of at least 4 members (excludes halogenated alkanes) is 8. The minimum Gasteiger partial charge on any atom is -0.371 e. The van der Waals surface area contributed by atoms with Crippen molar-refractivity contribution in [3.05, 3.63) is 29.5 Å². The van der Waals surface area contributed by atoms with Crippen LogP contribution in [-0.4, -0.2) is 28.5 Å². The first-order chi connectivity index (χ1) is 13.7. The van der Waals surface area contributed by atoms with Crippen LogP contribution in [0.3, 0.4) is 0 Å². The molecule has 0 aliphatic carbocycles. The number of aromatic nitrogens is 3. The molecule has 28 heavy (non-hydrogen) atoms. The van der Waals surface area contributed by atoms with Crippen LogP contribution in [0.5, 0.6) is 0 Å². The predicted octanol–water partition coefficient (Wildman–Crippen LogP) is 6.84. The third-order valence-electron chi connectivity index (χ3n) is 5.61. The molecule has 0 atom stereocenters. The molecule has 0 bridgehead atoms. The van der Waals surface area contributed by atoms with Crippen molar-refractivity contribution in [1.82, 2.24) is 15.4 Å². The van der Waals surface area contributed by atoms with Gasteiger partial charge in [0.2, 0.25) is 0 Å². The molecule has 0 amide bonds. The van der Waals surface area contributed by atoms with Gasteiger partial charge in [0, 0.05) is 24.3 Å². The second-order valence-corrected chi connectivity index (χ2v) is 8.04. The quantitative estimate of drug-likeness (QED) is 0.363. The molecule has 2 rings (SSSR count). The third kappa shape index (κ3) is 6.65. The average molecular weight is 385 g/mol. The lowest BCUT2D eigenvalue weighted by molar-refractivity contribution is 0.589. The molecule has 0 saturated carbocycles. The van der Waals surface area contributed by atoms with Crippen LogP contribution < -0.4 is 4.90 Å². The summed E-state index contributed by atoms with van der Waals surface area (Å²) in [7, 11) is 0. The highest BCUT2D eigenvalue weighted by Gasteiger charge is 2.18. The van der Waals surface area contributed by atoms with Gasteiger partial charge < -0.3 is 4.90 Å². The Labute approximate surface area is 172 Å². The zero-order valence-corrected chi connectivity index (χ0v) is 18.6. The minimum atomic E-state index is 0.974. The topological polar surface area (TPSA) is 44.8 Å². The van der Waals surface area contributed by atoms with E-state index in [0.29, 0.717) is 0 Å². The highest BCUT2D eigenvalue weighted by Crippen LogP contribution is 2.34. The number of benzene rings is 1. The molecule has 1 aromatic carbocycles. The van der Waals surface area contributed by atoms with Crippen molar-refractivity contribution in [2.75, 3.05) is 18.0 Å². The van der Waals surface area contributed by atoms with Gasteiger partial charge in [-0.15, -0.1) is 0 Å². The molecule has 0 saturated heterocycles. The van der Waals surface area contributed by atoms with Crippen molar-refractivity contribution in [1.29, 1.82) is 0 Å². The van der Waals surface area contributed by atoms with Crippen molar-refractivity contribution in [3.8, 4) is 11.3 Å². The van der Waals surface area contributed by atoms with Crippen molar-refractivity contribution in [2.24, 2.45) is 0 Å². The molecule has 2 aromatic rings. The number of aryl methyl sites for hydroxylation is 2. The number of nitrogens with zero attached hydrogens (tertiary/aromatic N) is 3. The number of hydrogen-bond donors (Lipinski definition) is 1. The van der Waals surface area contributed by atoms with Crippen LogP contribution in [0, 0.1) is 13.8 Å². The van der Waals surface area contributed by atoms with E-state index in [1.807, 2.05) is 6.92 Å². The molecule has 0 aliphatic heterocycles. The summed E-state index contributed by atoms with van der Waals surface area (Å²) in [4.78, 5) is 2.61. The van der Waals surface area contributed by atoms with E-state index in [4.69, 9.17) is 0 Å². The molecule has 0 unspecified atom stereocenters. The van der Waals surface area contributed by atoms with Crippen LogP contribution in [0.4, 0.5) is 5.69 Å². The van der Waals surface area contributed by atoms with Gasteiger partial charge in [-0.3, -0.25) is 0 Å². The van der Waals surface area contributed by atoms with Gasteiger partial charge >= 0.3 is 0 Å². The maximum atomic E-state index is 4.47. The van der Waals surface area contributed by atoms with Crippen LogP contribution in [0.2, 0.25) is 0 Å². The first-order valence-electron chi connectivity index (χ1n) is 11.4. The molecule has 1 aromatic heterocycles. The first-order valence-corrected chi connectivity index (χ1v) is 11.4. The van der Waals surface area contributed by atoms with Gasteiger partial charge in [-0.05, 0) is 38.3 Å². The number of rotatable bonds is 14. The molecular weight excluding hydrogens is 344 g/mol. The van der Waals surface area contributed by atoms with Gasteiger partial charge in [-0.25, -0.2) is 0 Å². The fourth-order valence-electron chi connectivity index (χ4n) is 3.91. The van der Waals surface area contributed by atoms with Gasteiger partial charge in [-0.1, -0.05) is 77.3 Å². The Morgan fingerprint density at radius 3 is 1.93 bits per heavy atom. The van der Waals surface area contributed by atoms with Gasteiger partial charge in [-0.2, -0.15) is 15.4 Å². The van der Waals surface area contributed by atoms with Gasteiger partial charge in [0.1, 0.15) is 5.69 Å². The Balaban J connectivity index is 2.16. The number of aromatic amines is 1. The van der Waals surface area contributed by atoms with Crippen molar-refractivity contribution in [3.63, 3.8) is 0 Å². The van der Waals surface area contributed by atoms with Gasteiger partial charge in [0.15, 0.2) is 0 Å². The summed E-state index contributed by atoms with van der Waals surface area (Å²) in [5, 5.41) is 11.5. The molecule has 156 valence electrons. The molecule has 0 spiro atoms. The third-order valence-corrected chi connectivity index (χ3v) is 5.61. The average Bonchev–Trinajstić information content (AvgIpc) is 3.11. The van der Waals surface area contributed by atoms with E-state index < -0.39 is 0 Å². The second-order valence-electron chi connectivity index (χ2n) is 8.04. The SMILES string of the molecule is CCCCCCCN(CCCCCCC)c1cccc(C)c1-c1n[nH]nc1C. The fourth-order valence-corrected chi connectivity index (χ4v) is 3.91. The van der Waals surface area contributed by atoms with Crippen LogP contribution in [0.15, 0.2) is 18.2 Å². The number of H-pyrrole nitrogens is 1. The largest absolute Gasteiger partial charge is 0.371 e. The Bertz CT molecular complexity index is 663. The van der Waals surface area contributed by atoms with Crippen molar-refractivity contribution < 1.29 is 0 Å². The smallest absolute Gasteiger partial charge is 0.118 e. The summed E-state index contributed by atoms with van der Waals surface area (Å²) < 4.78 is 0. The lowest BCUT2D eigenvalue weighted by atomic mass is 10.0. The highest BCUT2D eigenvalue weighted by molar-refractivity contribution is 5.80. The lowest BCUT2D eigenvalue weighted by Crippen LogP contribution is -2.26. The number of anilines is 1. The predicted molar refractivity (Wildman–Crippen MR) is 121 cm³/mol. The Morgan fingerprint density at radius 1 is 0.786 bits per heavy atom. The van der Waals surface area contributed by atoms with Gasteiger partial charge in [0.25, 0.3) is 0 Å². The molecule has 0 aliphatic rings. The van der Waals surface area contributed by atoms with Crippen LogP contribution >= 0.6 is 0 Å². The Morgan fingerprint density at radius 2 is 1.39 bits per heavy atom. The molecule has 0 radical (unpaired) electrons. The monoisotopic (exact) mass is 384 g/mol. The van der Waals surface area contributed by atoms with E-state index >= 15 is 0 Å². The standard InChI is InChI=1S/C24H40N4/c1-5-7-9-11-13-18-28(19-14-12-10-8-6-2)22-17-15-16-20(3)23(22)24-21(4)25-27-26-24/h15-17H,5-14,18-19H2,1-4H3,(H,25,26,27). The maximum absolute atomic E-state index is 4.47. The summed E-state index contributed by atoms with van der Waals surface area (Å²) in [5.41, 5.74) is 5.81. The summed E-state index contributed by atoms with van der Waals surface area (Å²) in [6.45, 7) is 11.0. The molecule has 4 nitrogen and oxygen atoms in total. The number of hydrogen-bond acceptors (Lipinski definition) is 3. The number of nitrogens with one attached hydrogen (secondary N) is 1. The van der Waals surface area contributed by atoms with Gasteiger partial charge in [0.05, 0.1) is 5.69 Å². The molecular formula is C24H40N4. The maximum Gasteiger partial charge on any atom is 0.118 e. The molecule has 0 fully saturated rings. The summed E-state index contributed by atoms with van der Waals surface area (Å²) in [6, 6.07) is 6.65. The van der Waals surface area contributed by atoms with Crippen LogP contribution in [-0.2, 0) is 0 Å². The molecule has 1 N–H and O–H groups in total. The van der Waals surface area contributed by atoms with E-state index in [-0.39, 0.29) is 0 Å². The van der Waals surface area contributed by atoms with E-state index in [1.54, 1.807) is 0 Å². The van der Waals surface area contributed by atoms with Crippen molar-refractivity contribution in [2.45, 2.75) is 91.9 Å². The lowest BCUT2D eigenvalue weighted by Gasteiger charge is -2.28. The normalized spacial score (nSPS) is 11.1. The summed E-state index contributed by atoms with van der Waals surface area (Å²) >= 11 is 0. The summed E-state index contributed by atoms with van der Waals surface area (Å²) in [6.07, 6.45) is 13.2. The first kappa shape index (κ1) is 22.4. The van der Waals surface area contributed by atoms with Crippen LogP contribution in [0.1, 0.15) is 89.3 Å². The van der Waals surface area contributed by atoms with E-state index in [1.165, 1.54) is 81.0 Å². The highest BCUT2D eigenvalue weighted by atomic mass is 15.3. The zero-order valence-electron chi connectivity index (χ0n) is 18.6. The van der Waals surface area contributed by atoms with E-state index in [2.05, 4.69) is 59.3 Å². The minimum absolute atomic E-state index is 0.974.